The number of rotatable bonds is 3. The van der Waals surface area contributed by atoms with E-state index in [0.717, 1.165) is 43.1 Å². The lowest BCUT2D eigenvalue weighted by Gasteiger charge is -2.10. The third-order valence-electron chi connectivity index (χ3n) is 3.89. The maximum atomic E-state index is 4.81. The molecule has 3 aromatic heterocycles. The first-order valence-electron chi connectivity index (χ1n) is 8.02. The van der Waals surface area contributed by atoms with Gasteiger partial charge in [-0.1, -0.05) is 42.5 Å². The predicted octanol–water partition coefficient (Wildman–Crippen LogP) is 6.40. The molecule has 4 aromatic rings. The van der Waals surface area contributed by atoms with Crippen LogP contribution in [0.1, 0.15) is 0 Å². The van der Waals surface area contributed by atoms with Crippen molar-refractivity contribution < 1.29 is 0 Å². The van der Waals surface area contributed by atoms with Gasteiger partial charge in [0.2, 0.25) is 0 Å². The summed E-state index contributed by atoms with van der Waals surface area (Å²) in [7, 11) is 0. The maximum Gasteiger partial charge on any atom is 0.106 e. The van der Waals surface area contributed by atoms with E-state index in [9.17, 15) is 0 Å². The average molecular weight is 467 g/mol. The molecular formula is C21H13Br2N3. The molecule has 0 radical (unpaired) electrons. The minimum atomic E-state index is 0.782. The number of nitrogens with zero attached hydrogens (tertiary/aromatic N) is 3. The van der Waals surface area contributed by atoms with Crippen LogP contribution < -0.4 is 0 Å². The van der Waals surface area contributed by atoms with Gasteiger partial charge in [0, 0.05) is 0 Å². The van der Waals surface area contributed by atoms with Crippen molar-refractivity contribution in [3.05, 3.63) is 88.1 Å². The summed E-state index contributed by atoms with van der Waals surface area (Å²) >= 11 is 6.88. The molecule has 0 aliphatic rings. The Balaban J connectivity index is 1.93. The van der Waals surface area contributed by atoms with E-state index in [2.05, 4.69) is 66.1 Å². The lowest BCUT2D eigenvalue weighted by molar-refractivity contribution is 1.19. The average Bonchev–Trinajstić information content (AvgIpc) is 2.68. The molecule has 0 aliphatic heterocycles. The van der Waals surface area contributed by atoms with Crippen molar-refractivity contribution in [1.82, 2.24) is 15.0 Å². The van der Waals surface area contributed by atoms with Crippen LogP contribution in [0.3, 0.4) is 0 Å². The number of pyridine rings is 3. The molecule has 0 fully saturated rings. The smallest absolute Gasteiger partial charge is 0.106 e. The lowest BCUT2D eigenvalue weighted by Crippen LogP contribution is -1.94. The quantitative estimate of drug-likeness (QED) is 0.328. The number of aromatic nitrogens is 3. The molecule has 0 unspecified atom stereocenters. The highest BCUT2D eigenvalue weighted by atomic mass is 79.9. The number of benzene rings is 1. The molecule has 0 atom stereocenters. The fraction of sp³-hybridized carbons (Fsp3) is 0. The Morgan fingerprint density at radius 3 is 1.50 bits per heavy atom. The molecule has 1 aromatic carbocycles. The summed E-state index contributed by atoms with van der Waals surface area (Å²) in [6, 6.07) is 26.0. The van der Waals surface area contributed by atoms with E-state index in [0.29, 0.717) is 0 Å². The summed E-state index contributed by atoms with van der Waals surface area (Å²) in [5.74, 6) is 0. The second kappa shape index (κ2) is 7.48. The van der Waals surface area contributed by atoms with Crippen LogP contribution in [-0.2, 0) is 0 Å². The van der Waals surface area contributed by atoms with Gasteiger partial charge in [-0.2, -0.15) is 0 Å². The minimum Gasteiger partial charge on any atom is -0.244 e. The molecule has 126 valence electrons. The number of hydrogen-bond donors (Lipinski definition) is 0. The van der Waals surface area contributed by atoms with Gasteiger partial charge < -0.3 is 0 Å². The molecule has 0 amide bonds. The standard InChI is InChI=1S/C21H13Br2N3/c22-20-10-4-8-16(25-20)18-12-15(14-6-2-1-3-7-14)13-19(24-18)17-9-5-11-21(23)26-17/h1-13H. The van der Waals surface area contributed by atoms with Gasteiger partial charge in [0.1, 0.15) is 9.21 Å². The van der Waals surface area contributed by atoms with Crippen LogP contribution in [0.2, 0.25) is 0 Å². The summed E-state index contributed by atoms with van der Waals surface area (Å²) in [5.41, 5.74) is 5.45. The van der Waals surface area contributed by atoms with Crippen LogP contribution in [0.4, 0.5) is 0 Å². The zero-order valence-electron chi connectivity index (χ0n) is 13.6. The van der Waals surface area contributed by atoms with Crippen molar-refractivity contribution in [3.63, 3.8) is 0 Å². The highest BCUT2D eigenvalue weighted by molar-refractivity contribution is 9.10. The van der Waals surface area contributed by atoms with Gasteiger partial charge in [0.15, 0.2) is 0 Å². The molecule has 4 rings (SSSR count). The molecule has 0 bridgehead atoms. The Labute approximate surface area is 168 Å². The van der Waals surface area contributed by atoms with Crippen LogP contribution >= 0.6 is 31.9 Å². The molecule has 5 heteroatoms. The van der Waals surface area contributed by atoms with Crippen molar-refractivity contribution >= 4 is 31.9 Å². The molecule has 0 aliphatic carbocycles. The summed E-state index contributed by atoms with van der Waals surface area (Å²) in [4.78, 5) is 13.9. The lowest BCUT2D eigenvalue weighted by atomic mass is 10.0. The third kappa shape index (κ3) is 3.74. The van der Waals surface area contributed by atoms with Gasteiger partial charge in [-0.15, -0.1) is 0 Å². The van der Waals surface area contributed by atoms with Crippen LogP contribution in [0.25, 0.3) is 33.9 Å². The van der Waals surface area contributed by atoms with Crippen LogP contribution in [0.5, 0.6) is 0 Å². The maximum absolute atomic E-state index is 4.81. The second-order valence-electron chi connectivity index (χ2n) is 5.68. The monoisotopic (exact) mass is 465 g/mol. The molecule has 0 saturated carbocycles. The predicted molar refractivity (Wildman–Crippen MR) is 112 cm³/mol. The molecule has 3 nitrogen and oxygen atoms in total. The Bertz CT molecular complexity index is 1000. The second-order valence-corrected chi connectivity index (χ2v) is 7.31. The van der Waals surface area contributed by atoms with Crippen molar-refractivity contribution in [2.45, 2.75) is 0 Å². The van der Waals surface area contributed by atoms with Crippen molar-refractivity contribution in [2.75, 3.05) is 0 Å². The molecule has 26 heavy (non-hydrogen) atoms. The summed E-state index contributed by atoms with van der Waals surface area (Å²) in [5, 5.41) is 0. The zero-order chi connectivity index (χ0) is 17.9. The largest absolute Gasteiger partial charge is 0.244 e. The fourth-order valence-electron chi connectivity index (χ4n) is 2.69. The molecule has 0 saturated heterocycles. The highest BCUT2D eigenvalue weighted by Crippen LogP contribution is 2.29. The van der Waals surface area contributed by atoms with Gasteiger partial charge in [-0.25, -0.2) is 15.0 Å². The van der Waals surface area contributed by atoms with Gasteiger partial charge >= 0.3 is 0 Å². The van der Waals surface area contributed by atoms with Crippen LogP contribution in [0.15, 0.2) is 88.1 Å². The minimum absolute atomic E-state index is 0.782. The van der Waals surface area contributed by atoms with E-state index in [1.165, 1.54) is 0 Å². The normalized spacial score (nSPS) is 10.7. The fourth-order valence-corrected chi connectivity index (χ4v) is 3.38. The number of halogens is 2. The highest BCUT2D eigenvalue weighted by Gasteiger charge is 2.11. The van der Waals surface area contributed by atoms with E-state index in [1.807, 2.05) is 54.6 Å². The Kier molecular flexibility index (Phi) is 4.91. The van der Waals surface area contributed by atoms with Crippen molar-refractivity contribution in [1.29, 1.82) is 0 Å². The van der Waals surface area contributed by atoms with Crippen molar-refractivity contribution in [3.8, 4) is 33.9 Å². The Hall–Kier alpha value is -2.37. The molecule has 3 heterocycles. The topological polar surface area (TPSA) is 38.7 Å². The first kappa shape index (κ1) is 17.1. The third-order valence-corrected chi connectivity index (χ3v) is 4.77. The zero-order valence-corrected chi connectivity index (χ0v) is 16.8. The van der Waals surface area contributed by atoms with E-state index < -0.39 is 0 Å². The molecular weight excluding hydrogens is 454 g/mol. The Morgan fingerprint density at radius 2 is 1.00 bits per heavy atom. The SMILES string of the molecule is Brc1cccc(-c2cc(-c3ccccc3)cc(-c3cccc(Br)n3)n2)n1. The first-order chi connectivity index (χ1) is 12.7. The van der Waals surface area contributed by atoms with E-state index in [4.69, 9.17) is 4.98 Å². The van der Waals surface area contributed by atoms with Crippen LogP contribution in [0, 0.1) is 0 Å². The van der Waals surface area contributed by atoms with E-state index in [-0.39, 0.29) is 0 Å². The summed E-state index contributed by atoms with van der Waals surface area (Å²) in [6.45, 7) is 0. The summed E-state index contributed by atoms with van der Waals surface area (Å²) < 4.78 is 1.56. The van der Waals surface area contributed by atoms with Gasteiger partial charge in [0.05, 0.1) is 22.8 Å². The van der Waals surface area contributed by atoms with Gasteiger partial charge in [-0.3, -0.25) is 0 Å². The molecule has 0 spiro atoms. The molecule has 0 N–H and O–H groups in total. The van der Waals surface area contributed by atoms with Crippen molar-refractivity contribution in [2.24, 2.45) is 0 Å². The van der Waals surface area contributed by atoms with Gasteiger partial charge in [-0.05, 0) is 79.4 Å². The number of hydrogen-bond acceptors (Lipinski definition) is 3. The summed E-state index contributed by atoms with van der Waals surface area (Å²) in [6.07, 6.45) is 0. The first-order valence-corrected chi connectivity index (χ1v) is 9.61. The van der Waals surface area contributed by atoms with Gasteiger partial charge in [0.25, 0.3) is 0 Å². The van der Waals surface area contributed by atoms with E-state index in [1.54, 1.807) is 0 Å². The Morgan fingerprint density at radius 1 is 0.462 bits per heavy atom. The van der Waals surface area contributed by atoms with E-state index >= 15 is 0 Å². The van der Waals surface area contributed by atoms with Crippen LogP contribution in [-0.4, -0.2) is 15.0 Å².